The van der Waals surface area contributed by atoms with Crippen molar-refractivity contribution in [1.82, 2.24) is 9.62 Å². The Labute approximate surface area is 162 Å². The summed E-state index contributed by atoms with van der Waals surface area (Å²) >= 11 is 5.06. The van der Waals surface area contributed by atoms with Crippen LogP contribution in [0.4, 0.5) is 10.1 Å². The van der Waals surface area contributed by atoms with Gasteiger partial charge in [-0.3, -0.25) is 10.1 Å². The number of rotatable bonds is 5. The molecule has 0 fully saturated rings. The third-order valence-electron chi connectivity index (χ3n) is 3.42. The first kappa shape index (κ1) is 20.7. The molecule has 0 saturated carbocycles. The number of amides is 1. The molecule has 0 radical (unpaired) electrons. The summed E-state index contributed by atoms with van der Waals surface area (Å²) in [5.41, 5.74) is 1.20. The Kier molecular flexibility index (Phi) is 6.78. The standard InChI is InChI=1S/C18H18FN3O3S2/c1-22(2)27(24,25)16-10-8-15(9-11-16)20-18(26)21-17(23)12-5-13-3-6-14(19)7-4-13/h3-12H,1-2H3,(H2,20,21,23,26)/b12-5-. The van der Waals surface area contributed by atoms with Gasteiger partial charge in [-0.2, -0.15) is 0 Å². The van der Waals surface area contributed by atoms with Crippen LogP contribution in [0.1, 0.15) is 5.56 Å². The maximum absolute atomic E-state index is 12.8. The molecule has 0 unspecified atom stereocenters. The van der Waals surface area contributed by atoms with Gasteiger partial charge in [0.1, 0.15) is 5.82 Å². The molecular formula is C18H18FN3O3S2. The number of carbonyl (C=O) groups is 1. The number of hydrogen-bond acceptors (Lipinski definition) is 4. The van der Waals surface area contributed by atoms with Gasteiger partial charge in [0, 0.05) is 25.9 Å². The van der Waals surface area contributed by atoms with Crippen LogP contribution >= 0.6 is 12.2 Å². The SMILES string of the molecule is CN(C)S(=O)(=O)c1ccc(NC(=S)NC(=O)/C=C\c2ccc(F)cc2)cc1. The van der Waals surface area contributed by atoms with Gasteiger partial charge in [-0.15, -0.1) is 0 Å². The molecule has 0 aliphatic carbocycles. The molecular weight excluding hydrogens is 389 g/mol. The van der Waals surface area contributed by atoms with Gasteiger partial charge in [-0.25, -0.2) is 17.1 Å². The van der Waals surface area contributed by atoms with Crippen LogP contribution in [-0.2, 0) is 14.8 Å². The maximum Gasteiger partial charge on any atom is 0.250 e. The minimum atomic E-state index is -3.51. The van der Waals surface area contributed by atoms with Gasteiger partial charge in [0.2, 0.25) is 15.9 Å². The summed E-state index contributed by atoms with van der Waals surface area (Å²) in [6, 6.07) is 11.6. The van der Waals surface area contributed by atoms with Crippen LogP contribution in [0.2, 0.25) is 0 Å². The Hall–Kier alpha value is -2.62. The van der Waals surface area contributed by atoms with E-state index in [-0.39, 0.29) is 15.8 Å². The number of benzene rings is 2. The number of nitrogens with zero attached hydrogens (tertiary/aromatic N) is 1. The number of sulfonamides is 1. The highest BCUT2D eigenvalue weighted by atomic mass is 32.2. The van der Waals surface area contributed by atoms with E-state index in [1.54, 1.807) is 24.3 Å². The Morgan fingerprint density at radius 1 is 1.07 bits per heavy atom. The molecule has 0 spiro atoms. The molecule has 142 valence electrons. The molecule has 2 N–H and O–H groups in total. The van der Waals surface area contributed by atoms with Gasteiger partial charge in [0.15, 0.2) is 5.11 Å². The predicted molar refractivity (Wildman–Crippen MR) is 107 cm³/mol. The minimum Gasteiger partial charge on any atom is -0.332 e. The topological polar surface area (TPSA) is 78.5 Å². The highest BCUT2D eigenvalue weighted by Gasteiger charge is 2.16. The van der Waals surface area contributed by atoms with Crippen molar-refractivity contribution in [3.63, 3.8) is 0 Å². The summed E-state index contributed by atoms with van der Waals surface area (Å²) < 4.78 is 38.0. The summed E-state index contributed by atoms with van der Waals surface area (Å²) in [7, 11) is -0.607. The van der Waals surface area contributed by atoms with Gasteiger partial charge in [0.25, 0.3) is 0 Å². The summed E-state index contributed by atoms with van der Waals surface area (Å²) in [6.07, 6.45) is 2.80. The molecule has 2 rings (SSSR count). The number of halogens is 1. The highest BCUT2D eigenvalue weighted by molar-refractivity contribution is 7.89. The first-order valence-corrected chi connectivity index (χ1v) is 9.61. The van der Waals surface area contributed by atoms with E-state index >= 15 is 0 Å². The predicted octanol–water partition coefficient (Wildman–Crippen LogP) is 2.60. The van der Waals surface area contributed by atoms with E-state index in [4.69, 9.17) is 12.2 Å². The Balaban J connectivity index is 1.93. The lowest BCUT2D eigenvalue weighted by Gasteiger charge is -2.12. The van der Waals surface area contributed by atoms with E-state index in [2.05, 4.69) is 10.6 Å². The van der Waals surface area contributed by atoms with Crippen LogP contribution in [0.15, 0.2) is 59.5 Å². The first-order valence-electron chi connectivity index (χ1n) is 7.77. The van der Waals surface area contributed by atoms with Crippen LogP contribution in [-0.4, -0.2) is 37.8 Å². The molecule has 0 bridgehead atoms. The summed E-state index contributed by atoms with van der Waals surface area (Å²) in [4.78, 5) is 12.0. The third-order valence-corrected chi connectivity index (χ3v) is 5.46. The van der Waals surface area contributed by atoms with Crippen LogP contribution in [0.5, 0.6) is 0 Å². The zero-order valence-corrected chi connectivity index (χ0v) is 16.3. The molecule has 6 nitrogen and oxygen atoms in total. The van der Waals surface area contributed by atoms with Crippen molar-refractivity contribution in [1.29, 1.82) is 0 Å². The second-order valence-corrected chi connectivity index (χ2v) is 8.20. The first-order chi connectivity index (χ1) is 12.7. The molecule has 2 aromatic carbocycles. The van der Waals surface area contributed by atoms with Gasteiger partial charge in [-0.1, -0.05) is 12.1 Å². The third kappa shape index (κ3) is 5.95. The number of nitrogens with one attached hydrogen (secondary N) is 2. The lowest BCUT2D eigenvalue weighted by molar-refractivity contribution is -0.115. The van der Waals surface area contributed by atoms with Gasteiger partial charge in [0.05, 0.1) is 4.90 Å². The quantitative estimate of drug-likeness (QED) is 0.588. The van der Waals surface area contributed by atoms with Crippen LogP contribution in [0.25, 0.3) is 6.08 Å². The van der Waals surface area contributed by atoms with Gasteiger partial charge < -0.3 is 5.32 Å². The fourth-order valence-electron chi connectivity index (χ4n) is 1.98. The lowest BCUT2D eigenvalue weighted by atomic mass is 10.2. The maximum atomic E-state index is 12.8. The molecule has 1 amide bonds. The number of hydrogen-bond donors (Lipinski definition) is 2. The molecule has 2 aromatic rings. The summed E-state index contributed by atoms with van der Waals surface area (Å²) in [5.74, 6) is -0.810. The highest BCUT2D eigenvalue weighted by Crippen LogP contribution is 2.16. The van der Waals surface area contributed by atoms with Crippen molar-refractivity contribution in [2.75, 3.05) is 19.4 Å². The number of anilines is 1. The second-order valence-electron chi connectivity index (χ2n) is 5.64. The molecule has 0 atom stereocenters. The van der Waals surface area contributed by atoms with Crippen molar-refractivity contribution in [2.24, 2.45) is 0 Å². The molecule has 9 heteroatoms. The van der Waals surface area contributed by atoms with Crippen LogP contribution < -0.4 is 10.6 Å². The Morgan fingerprint density at radius 3 is 2.22 bits per heavy atom. The summed E-state index contributed by atoms with van der Waals surface area (Å²) in [6.45, 7) is 0. The Morgan fingerprint density at radius 2 is 1.67 bits per heavy atom. The number of carbonyl (C=O) groups excluding carboxylic acids is 1. The normalized spacial score (nSPS) is 11.6. The fraction of sp³-hybridized carbons (Fsp3) is 0.111. The molecule has 0 aromatic heterocycles. The number of thiocarbonyl (C=S) groups is 1. The molecule has 27 heavy (non-hydrogen) atoms. The molecule has 0 aliphatic heterocycles. The lowest BCUT2D eigenvalue weighted by Crippen LogP contribution is -2.32. The van der Waals surface area contributed by atoms with Crippen molar-refractivity contribution >= 4 is 45.0 Å². The zero-order chi connectivity index (χ0) is 20.0. The van der Waals surface area contributed by atoms with E-state index in [9.17, 15) is 17.6 Å². The largest absolute Gasteiger partial charge is 0.332 e. The van der Waals surface area contributed by atoms with Gasteiger partial charge in [-0.05, 0) is 60.3 Å². The van der Waals surface area contributed by atoms with E-state index in [1.165, 1.54) is 50.5 Å². The average Bonchev–Trinajstić information content (AvgIpc) is 2.61. The van der Waals surface area contributed by atoms with Crippen molar-refractivity contribution in [3.8, 4) is 0 Å². The van der Waals surface area contributed by atoms with E-state index in [0.29, 0.717) is 11.3 Å². The summed E-state index contributed by atoms with van der Waals surface area (Å²) in [5, 5.41) is 5.32. The van der Waals surface area contributed by atoms with Crippen molar-refractivity contribution < 1.29 is 17.6 Å². The molecule has 0 saturated heterocycles. The van der Waals surface area contributed by atoms with Gasteiger partial charge >= 0.3 is 0 Å². The van der Waals surface area contributed by atoms with Crippen LogP contribution in [0.3, 0.4) is 0 Å². The smallest absolute Gasteiger partial charge is 0.250 e. The molecule has 0 aliphatic rings. The van der Waals surface area contributed by atoms with Crippen LogP contribution in [0, 0.1) is 5.82 Å². The van der Waals surface area contributed by atoms with E-state index < -0.39 is 15.9 Å². The van der Waals surface area contributed by atoms with E-state index in [0.717, 1.165) is 4.31 Å². The fourth-order valence-corrected chi connectivity index (χ4v) is 3.10. The van der Waals surface area contributed by atoms with E-state index in [1.807, 2.05) is 0 Å². The average molecular weight is 407 g/mol. The van der Waals surface area contributed by atoms with Crippen molar-refractivity contribution in [2.45, 2.75) is 4.90 Å². The minimum absolute atomic E-state index is 0.0620. The van der Waals surface area contributed by atoms with Crippen molar-refractivity contribution in [3.05, 3.63) is 66.0 Å². The second kappa shape index (κ2) is 8.85. The monoisotopic (exact) mass is 407 g/mol. The molecule has 0 heterocycles. The Bertz CT molecular complexity index is 954. The zero-order valence-electron chi connectivity index (χ0n) is 14.6.